The zero-order chi connectivity index (χ0) is 14.4. The minimum Gasteiger partial charge on any atom is -0.488 e. The average Bonchev–Trinajstić information content (AvgIpc) is 2.92. The molecule has 0 aliphatic rings. The number of nitrogens with zero attached hydrogens (tertiary/aromatic N) is 2. The van der Waals surface area contributed by atoms with Crippen LogP contribution >= 0.6 is 0 Å². The number of benzene rings is 1. The Morgan fingerprint density at radius 2 is 2.20 bits per heavy atom. The molecule has 0 aliphatic heterocycles. The van der Waals surface area contributed by atoms with Crippen LogP contribution in [-0.2, 0) is 13.1 Å². The highest BCUT2D eigenvalue weighted by Crippen LogP contribution is 2.22. The molecule has 4 nitrogen and oxygen atoms in total. The van der Waals surface area contributed by atoms with Crippen molar-refractivity contribution >= 4 is 0 Å². The minimum atomic E-state index is -0.325. The van der Waals surface area contributed by atoms with Crippen LogP contribution in [-0.4, -0.2) is 22.4 Å². The van der Waals surface area contributed by atoms with Crippen LogP contribution in [0.15, 0.2) is 36.7 Å². The van der Waals surface area contributed by atoms with E-state index in [1.54, 1.807) is 16.9 Å². The van der Waals surface area contributed by atoms with Crippen LogP contribution in [0.2, 0.25) is 0 Å². The first-order valence-electron chi connectivity index (χ1n) is 6.78. The molecule has 1 heterocycles. The van der Waals surface area contributed by atoms with Gasteiger partial charge in [-0.05, 0) is 12.1 Å². The maximum absolute atomic E-state index is 13.9. The molecule has 2 aromatic rings. The van der Waals surface area contributed by atoms with Gasteiger partial charge in [0.15, 0.2) is 11.6 Å². The monoisotopic (exact) mass is 277 g/mol. The molecular weight excluding hydrogens is 257 g/mol. The lowest BCUT2D eigenvalue weighted by Gasteiger charge is -2.14. The fourth-order valence-electron chi connectivity index (χ4n) is 1.84. The van der Waals surface area contributed by atoms with Crippen molar-refractivity contribution < 1.29 is 9.13 Å². The maximum atomic E-state index is 13.9. The van der Waals surface area contributed by atoms with Gasteiger partial charge in [-0.1, -0.05) is 26.0 Å². The Balaban J connectivity index is 1.97. The Morgan fingerprint density at radius 1 is 1.35 bits per heavy atom. The lowest BCUT2D eigenvalue weighted by Crippen LogP contribution is -2.22. The molecule has 0 aliphatic carbocycles. The highest BCUT2D eigenvalue weighted by molar-refractivity contribution is 5.34. The molecule has 0 spiro atoms. The molecule has 0 unspecified atom stereocenters. The molecule has 1 aromatic heterocycles. The van der Waals surface area contributed by atoms with Gasteiger partial charge in [-0.25, -0.2) is 4.39 Å². The van der Waals surface area contributed by atoms with Crippen molar-refractivity contribution in [3.63, 3.8) is 0 Å². The number of ether oxygens (including phenoxy) is 1. The predicted molar refractivity (Wildman–Crippen MR) is 76.1 cm³/mol. The molecule has 0 amide bonds. The first-order chi connectivity index (χ1) is 9.66. The van der Waals surface area contributed by atoms with Crippen LogP contribution in [0.25, 0.3) is 0 Å². The van der Waals surface area contributed by atoms with Crippen molar-refractivity contribution in [3.05, 3.63) is 48.0 Å². The van der Waals surface area contributed by atoms with Crippen molar-refractivity contribution in [1.29, 1.82) is 0 Å². The highest BCUT2D eigenvalue weighted by Gasteiger charge is 2.10. The normalized spacial score (nSPS) is 11.0. The summed E-state index contributed by atoms with van der Waals surface area (Å²) in [7, 11) is 0. The third-order valence-corrected chi connectivity index (χ3v) is 2.88. The van der Waals surface area contributed by atoms with Crippen LogP contribution < -0.4 is 10.1 Å². The van der Waals surface area contributed by atoms with Gasteiger partial charge in [0.2, 0.25) is 0 Å². The Bertz CT molecular complexity index is 526. The first kappa shape index (κ1) is 14.5. The lowest BCUT2D eigenvalue weighted by molar-refractivity contribution is 0.274. The molecule has 0 fully saturated rings. The van der Waals surface area contributed by atoms with Crippen LogP contribution in [0, 0.1) is 5.82 Å². The number of aromatic nitrogens is 2. The Labute approximate surface area is 118 Å². The van der Waals surface area contributed by atoms with E-state index < -0.39 is 0 Å². The quantitative estimate of drug-likeness (QED) is 0.845. The van der Waals surface area contributed by atoms with Gasteiger partial charge in [-0.3, -0.25) is 4.68 Å². The summed E-state index contributed by atoms with van der Waals surface area (Å²) in [6.45, 7) is 5.68. The van der Waals surface area contributed by atoms with Gasteiger partial charge in [0.25, 0.3) is 0 Å². The molecule has 0 saturated heterocycles. The van der Waals surface area contributed by atoms with Gasteiger partial charge in [-0.2, -0.15) is 5.10 Å². The fourth-order valence-corrected chi connectivity index (χ4v) is 1.84. The molecule has 5 heteroatoms. The number of halogens is 1. The van der Waals surface area contributed by atoms with Gasteiger partial charge in [-0.15, -0.1) is 0 Å². The van der Waals surface area contributed by atoms with E-state index in [2.05, 4.69) is 24.3 Å². The summed E-state index contributed by atoms with van der Waals surface area (Å²) in [6.07, 6.45) is 3.56. The van der Waals surface area contributed by atoms with Gasteiger partial charge >= 0.3 is 0 Å². The second-order valence-electron chi connectivity index (χ2n) is 4.88. The van der Waals surface area contributed by atoms with Crippen LogP contribution in [0.5, 0.6) is 5.75 Å². The lowest BCUT2D eigenvalue weighted by atomic mass is 10.2. The van der Waals surface area contributed by atoms with Crippen molar-refractivity contribution in [1.82, 2.24) is 15.1 Å². The molecule has 108 valence electrons. The van der Waals surface area contributed by atoms with Gasteiger partial charge in [0.05, 0.1) is 6.54 Å². The van der Waals surface area contributed by atoms with Gasteiger partial charge in [0.1, 0.15) is 6.61 Å². The molecule has 2 rings (SSSR count). The third kappa shape index (κ3) is 4.06. The summed E-state index contributed by atoms with van der Waals surface area (Å²) in [5.41, 5.74) is 0.833. The number of hydrogen-bond acceptors (Lipinski definition) is 3. The van der Waals surface area contributed by atoms with Crippen molar-refractivity contribution in [3.8, 4) is 5.75 Å². The van der Waals surface area contributed by atoms with E-state index in [-0.39, 0.29) is 5.82 Å². The fraction of sp³-hybridized carbons (Fsp3) is 0.400. The number of hydrogen-bond donors (Lipinski definition) is 1. The Morgan fingerprint density at radius 3 is 2.90 bits per heavy atom. The molecule has 0 radical (unpaired) electrons. The summed E-state index contributed by atoms with van der Waals surface area (Å²) >= 11 is 0. The van der Waals surface area contributed by atoms with Gasteiger partial charge in [0, 0.05) is 30.5 Å². The van der Waals surface area contributed by atoms with Gasteiger partial charge < -0.3 is 10.1 Å². The van der Waals surface area contributed by atoms with Crippen LogP contribution in [0.3, 0.4) is 0 Å². The predicted octanol–water partition coefficient (Wildman–Crippen LogP) is 2.60. The SMILES string of the molecule is CC(C)NCc1cccc(F)c1OCCn1cccn1. The molecule has 20 heavy (non-hydrogen) atoms. The molecule has 0 bridgehead atoms. The van der Waals surface area contributed by atoms with E-state index in [1.807, 2.05) is 18.3 Å². The highest BCUT2D eigenvalue weighted by atomic mass is 19.1. The number of para-hydroxylation sites is 1. The van der Waals surface area contributed by atoms with E-state index in [1.165, 1.54) is 6.07 Å². The van der Waals surface area contributed by atoms with E-state index >= 15 is 0 Å². The Hall–Kier alpha value is -1.88. The first-order valence-corrected chi connectivity index (χ1v) is 6.78. The zero-order valence-electron chi connectivity index (χ0n) is 11.8. The molecule has 1 aromatic carbocycles. The molecule has 0 atom stereocenters. The number of nitrogens with one attached hydrogen (secondary N) is 1. The van der Waals surface area contributed by atoms with Crippen LogP contribution in [0.4, 0.5) is 4.39 Å². The Kier molecular flexibility index (Phi) is 5.12. The second kappa shape index (κ2) is 7.05. The average molecular weight is 277 g/mol. The summed E-state index contributed by atoms with van der Waals surface area (Å²) in [5.74, 6) is 0.00123. The smallest absolute Gasteiger partial charge is 0.165 e. The van der Waals surface area contributed by atoms with Crippen molar-refractivity contribution in [2.24, 2.45) is 0 Å². The summed E-state index contributed by atoms with van der Waals surface area (Å²) in [6, 6.07) is 7.19. The zero-order valence-corrected chi connectivity index (χ0v) is 11.8. The summed E-state index contributed by atoms with van der Waals surface area (Å²) in [5, 5.41) is 7.35. The molecule has 0 saturated carbocycles. The second-order valence-corrected chi connectivity index (χ2v) is 4.88. The largest absolute Gasteiger partial charge is 0.488 e. The minimum absolute atomic E-state index is 0.325. The standard InChI is InChI=1S/C15H20FN3O/c1-12(2)17-11-13-5-3-6-14(16)15(13)20-10-9-19-8-4-7-18-19/h3-8,12,17H,9-11H2,1-2H3. The topological polar surface area (TPSA) is 39.1 Å². The van der Waals surface area contributed by atoms with Crippen molar-refractivity contribution in [2.45, 2.75) is 33.0 Å². The number of rotatable bonds is 7. The summed E-state index contributed by atoms with van der Waals surface area (Å²) in [4.78, 5) is 0. The van der Waals surface area contributed by atoms with E-state index in [9.17, 15) is 4.39 Å². The third-order valence-electron chi connectivity index (χ3n) is 2.88. The van der Waals surface area contributed by atoms with Crippen LogP contribution in [0.1, 0.15) is 19.4 Å². The summed E-state index contributed by atoms with van der Waals surface area (Å²) < 4.78 is 21.2. The van der Waals surface area contributed by atoms with E-state index in [0.29, 0.717) is 31.5 Å². The van der Waals surface area contributed by atoms with Crippen molar-refractivity contribution in [2.75, 3.05) is 6.61 Å². The van der Waals surface area contributed by atoms with E-state index in [0.717, 1.165) is 5.56 Å². The van der Waals surface area contributed by atoms with E-state index in [4.69, 9.17) is 4.74 Å². The molecule has 1 N–H and O–H groups in total. The molecular formula is C15H20FN3O. The maximum Gasteiger partial charge on any atom is 0.165 e.